The van der Waals surface area contributed by atoms with E-state index in [4.69, 9.17) is 28.4 Å². The Morgan fingerprint density at radius 1 is 0.846 bits per heavy atom. The van der Waals surface area contributed by atoms with Crippen LogP contribution in [0.1, 0.15) is 0 Å². The molecule has 0 spiro atoms. The minimum absolute atomic E-state index is 0.0996. The van der Waals surface area contributed by atoms with Gasteiger partial charge in [0.1, 0.15) is 12.7 Å². The second-order valence-electron chi connectivity index (χ2n) is 4.87. The summed E-state index contributed by atoms with van der Waals surface area (Å²) in [6.07, 6.45) is -1.91. The van der Waals surface area contributed by atoms with E-state index in [-0.39, 0.29) is 12.4 Å². The number of hydrogen-bond donors (Lipinski definition) is 3. The fraction of sp³-hybridized carbons (Fsp3) is 0.867. The zero-order valence-corrected chi connectivity index (χ0v) is 16.3. The summed E-state index contributed by atoms with van der Waals surface area (Å²) < 4.78 is 30.1. The second kappa shape index (κ2) is 18.5. The Bertz CT molecular complexity index is 363. The van der Waals surface area contributed by atoms with E-state index in [0.717, 1.165) is 0 Å². The molecule has 10 nitrogen and oxygen atoms in total. The summed E-state index contributed by atoms with van der Waals surface area (Å²) in [7, 11) is 3.16. The van der Waals surface area contributed by atoms with Crippen LogP contribution in [0.15, 0.2) is 0 Å². The van der Waals surface area contributed by atoms with E-state index >= 15 is 0 Å². The van der Waals surface area contributed by atoms with Crippen molar-refractivity contribution in [2.45, 2.75) is 6.10 Å². The molecule has 0 heterocycles. The summed E-state index contributed by atoms with van der Waals surface area (Å²) in [5.41, 5.74) is 0. The van der Waals surface area contributed by atoms with Crippen molar-refractivity contribution in [2.24, 2.45) is 0 Å². The van der Waals surface area contributed by atoms with Crippen molar-refractivity contribution < 1.29 is 38.0 Å². The van der Waals surface area contributed by atoms with Gasteiger partial charge in [-0.15, -0.1) is 0 Å². The average molecular weight is 398 g/mol. The minimum Gasteiger partial charge on any atom is -0.446 e. The number of amides is 2. The highest BCUT2D eigenvalue weighted by Crippen LogP contribution is 1.98. The Kier molecular flexibility index (Phi) is 17.6. The molecule has 0 fully saturated rings. The molecule has 0 saturated carbocycles. The lowest BCUT2D eigenvalue weighted by Crippen LogP contribution is -2.36. The molecule has 0 aliphatic rings. The van der Waals surface area contributed by atoms with E-state index in [0.29, 0.717) is 52.7 Å². The number of thiol groups is 1. The first kappa shape index (κ1) is 24.7. The van der Waals surface area contributed by atoms with Crippen LogP contribution in [-0.2, 0) is 28.4 Å². The van der Waals surface area contributed by atoms with Crippen molar-refractivity contribution in [3.05, 3.63) is 0 Å². The van der Waals surface area contributed by atoms with Crippen LogP contribution in [0.4, 0.5) is 9.59 Å². The molecule has 0 saturated heterocycles. The number of rotatable bonds is 16. The van der Waals surface area contributed by atoms with Gasteiger partial charge in [0.05, 0.1) is 39.6 Å². The molecule has 154 valence electrons. The number of ether oxygens (including phenoxy) is 6. The third-order valence-corrected chi connectivity index (χ3v) is 3.18. The third kappa shape index (κ3) is 16.2. The van der Waals surface area contributed by atoms with Gasteiger partial charge < -0.3 is 39.1 Å². The first-order chi connectivity index (χ1) is 12.6. The summed E-state index contributed by atoms with van der Waals surface area (Å²) >= 11 is 4.07. The van der Waals surface area contributed by atoms with Gasteiger partial charge in [0.15, 0.2) is 0 Å². The van der Waals surface area contributed by atoms with Gasteiger partial charge in [-0.05, 0) is 0 Å². The molecule has 0 aliphatic carbocycles. The van der Waals surface area contributed by atoms with E-state index in [1.165, 1.54) is 0 Å². The van der Waals surface area contributed by atoms with Crippen molar-refractivity contribution in [1.82, 2.24) is 10.6 Å². The highest BCUT2D eigenvalue weighted by Gasteiger charge is 2.15. The van der Waals surface area contributed by atoms with Gasteiger partial charge in [-0.3, -0.25) is 0 Å². The highest BCUT2D eigenvalue weighted by molar-refractivity contribution is 7.80. The Hall–Kier alpha value is -1.27. The molecule has 0 rings (SSSR count). The highest BCUT2D eigenvalue weighted by atomic mass is 32.1. The predicted molar refractivity (Wildman–Crippen MR) is 96.9 cm³/mol. The Morgan fingerprint density at radius 2 is 1.38 bits per heavy atom. The monoisotopic (exact) mass is 398 g/mol. The second-order valence-corrected chi connectivity index (χ2v) is 5.24. The number of carbonyl (C=O) groups is 2. The summed E-state index contributed by atoms with van der Waals surface area (Å²) in [5, 5.41) is 5.04. The lowest BCUT2D eigenvalue weighted by Gasteiger charge is -2.16. The molecule has 0 radical (unpaired) electrons. The first-order valence-electron chi connectivity index (χ1n) is 8.23. The summed E-state index contributed by atoms with van der Waals surface area (Å²) in [6, 6.07) is 0. The number of methoxy groups -OCH3 is 2. The molecule has 0 bridgehead atoms. The third-order valence-electron chi connectivity index (χ3n) is 2.77. The number of hydrogen-bond acceptors (Lipinski definition) is 9. The fourth-order valence-corrected chi connectivity index (χ4v) is 1.66. The topological polar surface area (TPSA) is 114 Å². The molecule has 2 N–H and O–H groups in total. The molecular formula is C15H30N2O8S. The molecule has 11 heteroatoms. The van der Waals surface area contributed by atoms with E-state index < -0.39 is 18.3 Å². The van der Waals surface area contributed by atoms with Gasteiger partial charge >= 0.3 is 12.2 Å². The van der Waals surface area contributed by atoms with Crippen molar-refractivity contribution in [3.63, 3.8) is 0 Å². The molecule has 0 aromatic heterocycles. The quantitative estimate of drug-likeness (QED) is 0.247. The van der Waals surface area contributed by atoms with Crippen LogP contribution in [0, 0.1) is 0 Å². The number of nitrogens with one attached hydrogen (secondary N) is 2. The molecule has 1 unspecified atom stereocenters. The van der Waals surface area contributed by atoms with E-state index in [2.05, 4.69) is 23.3 Å². The molecule has 0 aromatic rings. The minimum atomic E-state index is -0.656. The van der Waals surface area contributed by atoms with Gasteiger partial charge in [0.25, 0.3) is 0 Å². The van der Waals surface area contributed by atoms with Gasteiger partial charge in [-0.25, -0.2) is 9.59 Å². The maximum absolute atomic E-state index is 11.6. The van der Waals surface area contributed by atoms with Crippen molar-refractivity contribution in [3.8, 4) is 0 Å². The largest absolute Gasteiger partial charge is 0.446 e. The van der Waals surface area contributed by atoms with Crippen molar-refractivity contribution >= 4 is 24.8 Å². The zero-order valence-electron chi connectivity index (χ0n) is 15.4. The molecule has 2 amide bonds. The predicted octanol–water partition coefficient (Wildman–Crippen LogP) is 0.0632. The van der Waals surface area contributed by atoms with Crippen LogP contribution < -0.4 is 10.6 Å². The summed E-state index contributed by atoms with van der Waals surface area (Å²) in [4.78, 5) is 23.1. The maximum atomic E-state index is 11.6. The Labute approximate surface area is 159 Å². The molecule has 26 heavy (non-hydrogen) atoms. The molecular weight excluding hydrogens is 368 g/mol. The van der Waals surface area contributed by atoms with Crippen LogP contribution in [0.3, 0.4) is 0 Å². The van der Waals surface area contributed by atoms with Crippen molar-refractivity contribution in [1.29, 1.82) is 0 Å². The standard InChI is InChI=1S/C15H30N2O8S/c1-20-7-9-22-5-3-16-14(18)24-11-13(12-26)25-15(19)17-4-6-23-10-8-21-2/h13,26H,3-12H2,1-2H3,(H,16,18)(H,17,19). The zero-order chi connectivity index (χ0) is 19.5. The summed E-state index contributed by atoms with van der Waals surface area (Å²) in [6.45, 7) is 3.08. The smallest absolute Gasteiger partial charge is 0.407 e. The van der Waals surface area contributed by atoms with Crippen LogP contribution in [0.25, 0.3) is 0 Å². The normalized spacial score (nSPS) is 11.7. The summed E-state index contributed by atoms with van der Waals surface area (Å²) in [5.74, 6) is 0.213. The van der Waals surface area contributed by atoms with Crippen LogP contribution in [0.2, 0.25) is 0 Å². The molecule has 1 atom stereocenters. The van der Waals surface area contributed by atoms with Gasteiger partial charge in [-0.2, -0.15) is 12.6 Å². The maximum Gasteiger partial charge on any atom is 0.407 e. The van der Waals surface area contributed by atoms with Crippen LogP contribution in [0.5, 0.6) is 0 Å². The van der Waals surface area contributed by atoms with Crippen LogP contribution in [-0.4, -0.2) is 97.6 Å². The van der Waals surface area contributed by atoms with E-state index in [1.54, 1.807) is 14.2 Å². The number of alkyl carbamates (subject to hydrolysis) is 2. The average Bonchev–Trinajstić information content (AvgIpc) is 2.64. The van der Waals surface area contributed by atoms with E-state index in [1.807, 2.05) is 0 Å². The van der Waals surface area contributed by atoms with Crippen molar-refractivity contribution in [2.75, 3.05) is 79.3 Å². The SMILES string of the molecule is COCCOCCNC(=O)OCC(CS)OC(=O)NCCOCCOC. The molecule has 0 aromatic carbocycles. The Morgan fingerprint density at radius 3 is 1.88 bits per heavy atom. The lowest BCUT2D eigenvalue weighted by molar-refractivity contribution is 0.0481. The number of carbonyl (C=O) groups excluding carboxylic acids is 2. The first-order valence-corrected chi connectivity index (χ1v) is 8.86. The van der Waals surface area contributed by atoms with Crippen LogP contribution >= 0.6 is 12.6 Å². The van der Waals surface area contributed by atoms with Gasteiger partial charge in [0.2, 0.25) is 0 Å². The lowest BCUT2D eigenvalue weighted by atomic mass is 10.4. The fourth-order valence-electron chi connectivity index (χ4n) is 1.48. The van der Waals surface area contributed by atoms with E-state index in [9.17, 15) is 9.59 Å². The Balaban J connectivity index is 3.70. The van der Waals surface area contributed by atoms with Gasteiger partial charge in [0, 0.05) is 33.1 Å². The molecule has 0 aliphatic heterocycles. The van der Waals surface area contributed by atoms with Gasteiger partial charge in [-0.1, -0.05) is 0 Å².